The van der Waals surface area contributed by atoms with Crippen molar-refractivity contribution in [1.82, 2.24) is 0 Å². The molecule has 0 N–H and O–H groups in total. The fourth-order valence-corrected chi connectivity index (χ4v) is 2.57. The second kappa shape index (κ2) is 3.62. The van der Waals surface area contributed by atoms with Gasteiger partial charge < -0.3 is 0 Å². The molecule has 0 bridgehead atoms. The quantitative estimate of drug-likeness (QED) is 0.459. The van der Waals surface area contributed by atoms with E-state index in [0.29, 0.717) is 0 Å². The average Bonchev–Trinajstić information content (AvgIpc) is 1.80. The first-order valence-electron chi connectivity index (χ1n) is 2.98. The number of alkyl halides is 6. The highest BCUT2D eigenvalue weighted by Gasteiger charge is 2.57. The zero-order valence-electron chi connectivity index (χ0n) is 5.80. The summed E-state index contributed by atoms with van der Waals surface area (Å²) in [7, 11) is 0. The molecule has 0 amide bonds. The molecule has 0 saturated heterocycles. The first-order chi connectivity index (χ1) is 5.58. The highest BCUT2D eigenvalue weighted by molar-refractivity contribution is 6.81. The van der Waals surface area contributed by atoms with Crippen molar-refractivity contribution >= 4 is 86.4 Å². The van der Waals surface area contributed by atoms with Gasteiger partial charge in [0.05, 0.1) is 0 Å². The van der Waals surface area contributed by atoms with Crippen LogP contribution in [0.4, 0.5) is 0 Å². The third-order valence-electron chi connectivity index (χ3n) is 1.42. The van der Waals surface area contributed by atoms with E-state index in [2.05, 4.69) is 4.99 Å². The van der Waals surface area contributed by atoms with Crippen LogP contribution in [-0.4, -0.2) is 18.3 Å². The Balaban J connectivity index is 3.16. The summed E-state index contributed by atoms with van der Waals surface area (Å²) in [4.78, 5) is 3.61. The molecule has 0 spiro atoms. The van der Waals surface area contributed by atoms with Crippen LogP contribution in [0.3, 0.4) is 0 Å². The Morgan fingerprint density at radius 3 is 1.85 bits per heavy atom. The third-order valence-corrected chi connectivity index (χ3v) is 4.67. The molecule has 0 saturated carbocycles. The van der Waals surface area contributed by atoms with Crippen molar-refractivity contribution in [2.45, 2.75) is 19.5 Å². The summed E-state index contributed by atoms with van der Waals surface area (Å²) in [6, 6.07) is 0. The second-order valence-electron chi connectivity index (χ2n) is 2.53. The molecule has 0 aliphatic carbocycles. The summed E-state index contributed by atoms with van der Waals surface area (Å²) in [5.74, 6) is 0. The molecule has 0 aromatic heterocycles. The van der Waals surface area contributed by atoms with Crippen molar-refractivity contribution in [2.24, 2.45) is 4.99 Å². The number of rotatable bonds is 0. The van der Waals surface area contributed by atoms with Crippen LogP contribution in [0.25, 0.3) is 0 Å². The van der Waals surface area contributed by atoms with Crippen LogP contribution < -0.4 is 0 Å². The lowest BCUT2D eigenvalue weighted by molar-refractivity contribution is 0.596. The van der Waals surface area contributed by atoms with Crippen LogP contribution in [0.15, 0.2) is 4.99 Å². The Kier molecular flexibility index (Phi) is 3.56. The number of halogens is 7. The van der Waals surface area contributed by atoms with E-state index < -0.39 is 13.1 Å². The molecular weight excluding hydrogens is 322 g/mol. The van der Waals surface area contributed by atoms with Crippen LogP contribution >= 0.6 is 81.2 Å². The molecule has 0 atom stereocenters. The van der Waals surface area contributed by atoms with Crippen molar-refractivity contribution in [3.05, 3.63) is 0 Å². The zero-order chi connectivity index (χ0) is 10.5. The Bertz CT molecular complexity index is 256. The van der Waals surface area contributed by atoms with E-state index in [-0.39, 0.29) is 11.6 Å². The van der Waals surface area contributed by atoms with E-state index in [1.165, 1.54) is 0 Å². The summed E-state index contributed by atoms with van der Waals surface area (Å²) in [5.41, 5.74) is 0. The van der Waals surface area contributed by atoms with Crippen molar-refractivity contribution in [3.8, 4) is 0 Å². The van der Waals surface area contributed by atoms with E-state index in [0.717, 1.165) is 0 Å². The molecule has 0 aromatic rings. The molecule has 8 heteroatoms. The first kappa shape index (κ1) is 12.8. The molecular formula is C5H2Cl7N. The number of nitrogens with zero attached hydrogens (tertiary/aromatic N) is 1. The Morgan fingerprint density at radius 2 is 1.46 bits per heavy atom. The standard InChI is InChI=1S/C5H2Cl7N/c6-2-3(7,8)1-4(9,10)5(11,12)13-2/h1H2. The molecule has 1 nitrogen and oxygen atoms in total. The highest BCUT2D eigenvalue weighted by atomic mass is 35.5. The SMILES string of the molecule is ClC1=NC(Cl)(Cl)C(Cl)(Cl)CC1(Cl)Cl. The van der Waals surface area contributed by atoms with E-state index in [1.54, 1.807) is 0 Å². The second-order valence-corrected chi connectivity index (χ2v) is 7.14. The number of hydrogen-bond donors (Lipinski definition) is 0. The number of hydrogen-bond acceptors (Lipinski definition) is 1. The van der Waals surface area contributed by atoms with Gasteiger partial charge in [0.15, 0.2) is 8.67 Å². The van der Waals surface area contributed by atoms with Gasteiger partial charge in [0.25, 0.3) is 0 Å². The highest BCUT2D eigenvalue weighted by Crippen LogP contribution is 2.54. The predicted molar refractivity (Wildman–Crippen MR) is 61.2 cm³/mol. The molecule has 0 fully saturated rings. The molecule has 1 aliphatic heterocycles. The predicted octanol–water partition coefficient (Wildman–Crippen LogP) is 4.51. The summed E-state index contributed by atoms with van der Waals surface area (Å²) in [5, 5.41) is -0.127. The van der Waals surface area contributed by atoms with Gasteiger partial charge in [-0.05, 0) is 0 Å². The van der Waals surface area contributed by atoms with Crippen LogP contribution in [0.2, 0.25) is 0 Å². The maximum absolute atomic E-state index is 5.78. The maximum Gasteiger partial charge on any atom is 0.241 e. The van der Waals surface area contributed by atoms with Crippen molar-refractivity contribution in [2.75, 3.05) is 0 Å². The number of aliphatic imine (C=N–C) groups is 1. The molecule has 1 rings (SSSR count). The Morgan fingerprint density at radius 1 is 1.00 bits per heavy atom. The van der Waals surface area contributed by atoms with Gasteiger partial charge in [-0.1, -0.05) is 81.2 Å². The van der Waals surface area contributed by atoms with Gasteiger partial charge in [0.1, 0.15) is 5.17 Å². The van der Waals surface area contributed by atoms with Gasteiger partial charge in [-0.2, -0.15) is 0 Å². The summed E-state index contributed by atoms with van der Waals surface area (Å²) in [6.07, 6.45) is -0.110. The molecule has 0 aromatic carbocycles. The molecule has 0 radical (unpaired) electrons. The molecule has 1 heterocycles. The van der Waals surface area contributed by atoms with E-state index in [4.69, 9.17) is 81.2 Å². The minimum absolute atomic E-state index is 0.110. The maximum atomic E-state index is 5.78. The van der Waals surface area contributed by atoms with E-state index in [1.807, 2.05) is 0 Å². The third kappa shape index (κ3) is 2.44. The van der Waals surface area contributed by atoms with Gasteiger partial charge >= 0.3 is 0 Å². The van der Waals surface area contributed by atoms with Crippen molar-refractivity contribution in [1.29, 1.82) is 0 Å². The minimum atomic E-state index is -1.74. The first-order valence-corrected chi connectivity index (χ1v) is 5.62. The van der Waals surface area contributed by atoms with E-state index >= 15 is 0 Å². The average molecular weight is 324 g/mol. The van der Waals surface area contributed by atoms with Crippen LogP contribution in [-0.2, 0) is 0 Å². The lowest BCUT2D eigenvalue weighted by Crippen LogP contribution is -2.47. The fraction of sp³-hybridized carbons (Fsp3) is 0.800. The van der Waals surface area contributed by atoms with E-state index in [9.17, 15) is 0 Å². The molecule has 76 valence electrons. The normalized spacial score (nSPS) is 29.6. The minimum Gasteiger partial charge on any atom is -0.233 e. The fourth-order valence-electron chi connectivity index (χ4n) is 0.745. The topological polar surface area (TPSA) is 12.4 Å². The van der Waals surface area contributed by atoms with Gasteiger partial charge in [-0.25, -0.2) is 4.99 Å². The van der Waals surface area contributed by atoms with Crippen LogP contribution in [0, 0.1) is 0 Å². The van der Waals surface area contributed by atoms with Gasteiger partial charge in [-0.3, -0.25) is 0 Å². The summed E-state index contributed by atoms with van der Waals surface area (Å²) in [6.45, 7) is 0. The van der Waals surface area contributed by atoms with Gasteiger partial charge in [0.2, 0.25) is 4.46 Å². The summed E-state index contributed by atoms with van der Waals surface area (Å²) >= 11 is 40.1. The van der Waals surface area contributed by atoms with Crippen molar-refractivity contribution in [3.63, 3.8) is 0 Å². The Hall–Kier alpha value is 1.70. The summed E-state index contributed by atoms with van der Waals surface area (Å²) < 4.78 is -4.75. The zero-order valence-corrected chi connectivity index (χ0v) is 11.1. The largest absolute Gasteiger partial charge is 0.241 e. The Labute approximate surface area is 110 Å². The van der Waals surface area contributed by atoms with Crippen LogP contribution in [0.5, 0.6) is 0 Å². The van der Waals surface area contributed by atoms with Crippen molar-refractivity contribution < 1.29 is 0 Å². The lowest BCUT2D eigenvalue weighted by Gasteiger charge is -2.38. The lowest BCUT2D eigenvalue weighted by atomic mass is 10.2. The smallest absolute Gasteiger partial charge is 0.233 e. The van der Waals surface area contributed by atoms with Gasteiger partial charge in [0, 0.05) is 6.42 Å². The monoisotopic (exact) mass is 321 g/mol. The molecule has 1 aliphatic rings. The van der Waals surface area contributed by atoms with Crippen LogP contribution in [0.1, 0.15) is 6.42 Å². The van der Waals surface area contributed by atoms with Gasteiger partial charge in [-0.15, -0.1) is 0 Å². The molecule has 13 heavy (non-hydrogen) atoms. The molecule has 0 unspecified atom stereocenters.